The molecule has 0 heterocycles. The highest BCUT2D eigenvalue weighted by Gasteiger charge is 2.24. The van der Waals surface area contributed by atoms with Crippen molar-refractivity contribution >= 4 is 54.8 Å². The number of amides is 1. The number of anilines is 2. The zero-order chi connectivity index (χ0) is 20.9. The molecule has 0 aliphatic heterocycles. The molecule has 0 aliphatic rings. The van der Waals surface area contributed by atoms with Gasteiger partial charge in [0.1, 0.15) is 4.90 Å². The molecule has 2 aromatic rings. The summed E-state index contributed by atoms with van der Waals surface area (Å²) in [6.45, 7) is 6.12. The molecule has 2 N–H and O–H groups in total. The van der Waals surface area contributed by atoms with Crippen molar-refractivity contribution in [3.8, 4) is 0 Å². The van der Waals surface area contributed by atoms with E-state index >= 15 is 0 Å². The lowest BCUT2D eigenvalue weighted by Gasteiger charge is -2.20. The maximum atomic E-state index is 12.7. The van der Waals surface area contributed by atoms with E-state index in [9.17, 15) is 13.2 Å². The van der Waals surface area contributed by atoms with Crippen LogP contribution in [0, 0.1) is 6.92 Å². The second-order valence-electron chi connectivity index (χ2n) is 6.10. The van der Waals surface area contributed by atoms with Crippen LogP contribution >= 0.6 is 27.5 Å². The number of hydrogen-bond acceptors (Lipinski definition) is 4. The van der Waals surface area contributed by atoms with E-state index < -0.39 is 10.0 Å². The monoisotopic (exact) mass is 487 g/mol. The van der Waals surface area contributed by atoms with Crippen molar-refractivity contribution < 1.29 is 13.2 Å². The van der Waals surface area contributed by atoms with Crippen molar-refractivity contribution in [2.24, 2.45) is 0 Å². The summed E-state index contributed by atoms with van der Waals surface area (Å²) in [6, 6.07) is 10.2. The predicted molar refractivity (Wildman–Crippen MR) is 118 cm³/mol. The molecule has 0 atom stereocenters. The lowest BCUT2D eigenvalue weighted by Crippen LogP contribution is -2.31. The fourth-order valence-electron chi connectivity index (χ4n) is 2.66. The lowest BCUT2D eigenvalue weighted by molar-refractivity contribution is -0.114. The van der Waals surface area contributed by atoms with Crippen molar-refractivity contribution in [3.05, 3.63) is 51.5 Å². The third kappa shape index (κ3) is 5.47. The first kappa shape index (κ1) is 22.7. The number of nitrogens with zero attached hydrogens (tertiary/aromatic N) is 1. The highest BCUT2D eigenvalue weighted by Crippen LogP contribution is 2.27. The molecule has 28 heavy (non-hydrogen) atoms. The van der Waals surface area contributed by atoms with Gasteiger partial charge in [0.25, 0.3) is 0 Å². The van der Waals surface area contributed by atoms with Crippen LogP contribution in [0.15, 0.2) is 45.8 Å². The highest BCUT2D eigenvalue weighted by molar-refractivity contribution is 9.10. The fraction of sp³-hybridized carbons (Fsp3) is 0.316. The van der Waals surface area contributed by atoms with Crippen LogP contribution in [-0.2, 0) is 14.8 Å². The van der Waals surface area contributed by atoms with Crippen molar-refractivity contribution in [2.75, 3.05) is 30.3 Å². The molecule has 0 aromatic heterocycles. The molecule has 9 heteroatoms. The summed E-state index contributed by atoms with van der Waals surface area (Å²) >= 11 is 9.51. The van der Waals surface area contributed by atoms with Crippen molar-refractivity contribution in [3.63, 3.8) is 0 Å². The van der Waals surface area contributed by atoms with E-state index in [1.165, 1.54) is 16.4 Å². The minimum absolute atomic E-state index is 0.0120. The number of hydrogen-bond donors (Lipinski definition) is 2. The van der Waals surface area contributed by atoms with Crippen LogP contribution in [0.2, 0.25) is 5.02 Å². The van der Waals surface area contributed by atoms with E-state index in [2.05, 4.69) is 26.6 Å². The molecule has 152 valence electrons. The van der Waals surface area contributed by atoms with Gasteiger partial charge in [-0.15, -0.1) is 0 Å². The minimum Gasteiger partial charge on any atom is -0.376 e. The molecule has 0 bridgehead atoms. The smallest absolute Gasteiger partial charge is 0.244 e. The Bertz CT molecular complexity index is 963. The van der Waals surface area contributed by atoms with Crippen LogP contribution in [0.1, 0.15) is 19.4 Å². The van der Waals surface area contributed by atoms with Crippen molar-refractivity contribution in [1.29, 1.82) is 0 Å². The van der Waals surface area contributed by atoms with Crippen LogP contribution in [0.4, 0.5) is 11.4 Å². The number of aryl methyl sites for hydroxylation is 1. The minimum atomic E-state index is -3.69. The summed E-state index contributed by atoms with van der Waals surface area (Å²) in [5.74, 6) is -0.242. The first-order valence-corrected chi connectivity index (χ1v) is 11.4. The summed E-state index contributed by atoms with van der Waals surface area (Å²) in [4.78, 5) is 12.3. The molecule has 2 rings (SSSR count). The van der Waals surface area contributed by atoms with Gasteiger partial charge in [-0.3, -0.25) is 4.79 Å². The maximum Gasteiger partial charge on any atom is 0.244 e. The Balaban J connectivity index is 2.12. The van der Waals surface area contributed by atoms with E-state index in [0.29, 0.717) is 18.8 Å². The molecule has 2 aromatic carbocycles. The van der Waals surface area contributed by atoms with Crippen LogP contribution in [0.5, 0.6) is 0 Å². The van der Waals surface area contributed by atoms with Crippen LogP contribution < -0.4 is 10.6 Å². The lowest BCUT2D eigenvalue weighted by atomic mass is 10.2. The van der Waals surface area contributed by atoms with E-state index in [4.69, 9.17) is 11.6 Å². The molecule has 0 radical (unpaired) electrons. The number of carbonyl (C=O) groups is 1. The normalized spacial score (nSPS) is 11.5. The fourth-order valence-corrected chi connectivity index (χ4v) is 5.09. The van der Waals surface area contributed by atoms with Gasteiger partial charge in [0.15, 0.2) is 0 Å². The number of benzene rings is 2. The summed E-state index contributed by atoms with van der Waals surface area (Å²) in [7, 11) is -3.69. The van der Waals surface area contributed by atoms with E-state index in [1.54, 1.807) is 19.9 Å². The van der Waals surface area contributed by atoms with Crippen LogP contribution in [0.3, 0.4) is 0 Å². The van der Waals surface area contributed by atoms with Crippen LogP contribution in [0.25, 0.3) is 0 Å². The first-order valence-electron chi connectivity index (χ1n) is 8.78. The zero-order valence-corrected chi connectivity index (χ0v) is 19.1. The maximum absolute atomic E-state index is 12.7. The van der Waals surface area contributed by atoms with Gasteiger partial charge in [0.2, 0.25) is 15.9 Å². The molecular weight excluding hydrogens is 466 g/mol. The molecule has 0 aliphatic carbocycles. The third-order valence-corrected chi connectivity index (χ3v) is 7.19. The average Bonchev–Trinajstić information content (AvgIpc) is 2.64. The quantitative estimate of drug-likeness (QED) is 0.574. The van der Waals surface area contributed by atoms with Gasteiger partial charge in [0, 0.05) is 28.9 Å². The highest BCUT2D eigenvalue weighted by atomic mass is 79.9. The van der Waals surface area contributed by atoms with Crippen molar-refractivity contribution in [1.82, 2.24) is 4.31 Å². The second-order valence-corrected chi connectivity index (χ2v) is 9.32. The summed E-state index contributed by atoms with van der Waals surface area (Å²) in [6.07, 6.45) is 0. The Kier molecular flexibility index (Phi) is 7.88. The van der Waals surface area contributed by atoms with E-state index in [0.717, 1.165) is 15.7 Å². The number of nitrogens with one attached hydrogen (secondary N) is 2. The second kappa shape index (κ2) is 9.73. The Hall–Kier alpha value is -1.61. The zero-order valence-electron chi connectivity index (χ0n) is 15.9. The average molecular weight is 489 g/mol. The molecule has 0 fully saturated rings. The van der Waals surface area contributed by atoms with Gasteiger partial charge < -0.3 is 10.6 Å². The number of halogens is 2. The summed E-state index contributed by atoms with van der Waals surface area (Å²) < 4.78 is 27.8. The Labute approximate surface area is 179 Å². The molecule has 0 unspecified atom stereocenters. The van der Waals surface area contributed by atoms with Crippen LogP contribution in [-0.4, -0.2) is 38.3 Å². The number of rotatable bonds is 8. The van der Waals surface area contributed by atoms with Gasteiger partial charge in [-0.1, -0.05) is 41.4 Å². The topological polar surface area (TPSA) is 78.5 Å². The molecule has 1 amide bonds. The first-order chi connectivity index (χ1) is 13.2. The van der Waals surface area contributed by atoms with E-state index in [1.807, 2.05) is 25.1 Å². The molecule has 0 saturated heterocycles. The van der Waals surface area contributed by atoms with Crippen molar-refractivity contribution in [2.45, 2.75) is 25.7 Å². The van der Waals surface area contributed by atoms with Gasteiger partial charge in [-0.2, -0.15) is 4.31 Å². The molecule has 6 nitrogen and oxygen atoms in total. The van der Waals surface area contributed by atoms with Gasteiger partial charge in [-0.25, -0.2) is 8.42 Å². The predicted octanol–water partition coefficient (Wildman–Crippen LogP) is 4.49. The Morgan fingerprint density at radius 1 is 1.14 bits per heavy atom. The summed E-state index contributed by atoms with van der Waals surface area (Å²) in [5.41, 5.74) is 2.15. The SMILES string of the molecule is CCN(CC)S(=O)(=O)c1cc(NCC(=O)Nc2ccc(Br)cc2C)ccc1Cl. The third-order valence-electron chi connectivity index (χ3n) is 4.17. The largest absolute Gasteiger partial charge is 0.376 e. The number of carbonyl (C=O) groups excluding carboxylic acids is 1. The molecule has 0 saturated carbocycles. The van der Waals surface area contributed by atoms with Gasteiger partial charge in [0.05, 0.1) is 11.6 Å². The summed E-state index contributed by atoms with van der Waals surface area (Å²) in [5, 5.41) is 5.92. The van der Waals surface area contributed by atoms with Gasteiger partial charge >= 0.3 is 0 Å². The molecular formula is C19H23BrClN3O3S. The Morgan fingerprint density at radius 3 is 2.43 bits per heavy atom. The Morgan fingerprint density at radius 2 is 1.82 bits per heavy atom. The molecule has 0 spiro atoms. The number of sulfonamides is 1. The van der Waals surface area contributed by atoms with Gasteiger partial charge in [-0.05, 0) is 48.9 Å². The van der Waals surface area contributed by atoms with E-state index in [-0.39, 0.29) is 22.4 Å². The standard InChI is InChI=1S/C19H23BrClN3O3S/c1-4-24(5-2)28(26,27)18-11-15(7-8-16(18)21)22-12-19(25)23-17-9-6-14(20)10-13(17)3/h6-11,22H,4-5,12H2,1-3H3,(H,23,25).